The molecule has 0 saturated carbocycles. The average Bonchev–Trinajstić information content (AvgIpc) is 2.76. The van der Waals surface area contributed by atoms with Gasteiger partial charge in [0.15, 0.2) is 0 Å². The van der Waals surface area contributed by atoms with Crippen molar-refractivity contribution in [3.63, 3.8) is 0 Å². The molecular formula is C15H14N2O4. The summed E-state index contributed by atoms with van der Waals surface area (Å²) in [6.45, 7) is 4.39. The van der Waals surface area contributed by atoms with Crippen LogP contribution in [-0.2, 0) is 16.9 Å². The third-order valence-corrected chi connectivity index (χ3v) is 3.46. The summed E-state index contributed by atoms with van der Waals surface area (Å²) in [4.78, 5) is 14.5. The maximum Gasteiger partial charge on any atom is 0.331 e. The molecule has 6 nitrogen and oxygen atoms in total. The van der Waals surface area contributed by atoms with Crippen LogP contribution in [0.4, 0.5) is 5.69 Å². The van der Waals surface area contributed by atoms with Crippen molar-refractivity contribution in [1.29, 1.82) is 0 Å². The number of benzene rings is 1. The van der Waals surface area contributed by atoms with Crippen LogP contribution in [0.1, 0.15) is 25.0 Å². The van der Waals surface area contributed by atoms with E-state index in [4.69, 9.17) is 9.47 Å². The van der Waals surface area contributed by atoms with Crippen LogP contribution in [0.25, 0.3) is 0 Å². The van der Waals surface area contributed by atoms with E-state index in [1.807, 2.05) is 26.0 Å². The monoisotopic (exact) mass is 286 g/mol. The Morgan fingerprint density at radius 2 is 2.14 bits per heavy atom. The van der Waals surface area contributed by atoms with E-state index in [9.17, 15) is 10.1 Å². The summed E-state index contributed by atoms with van der Waals surface area (Å²) < 4.78 is 11.4. The standard InChI is InChI=1S/C15H14N2O4/c1-15(2)13-10(9-20-15)5-3-7-12(13)21-14-11(17(18)19)6-4-8-16-14/h3-8H,9H2,1-2H3. The fraction of sp³-hybridized carbons (Fsp3) is 0.267. The molecule has 1 aliphatic heterocycles. The number of aromatic nitrogens is 1. The SMILES string of the molecule is CC1(C)OCc2cccc(Oc3ncccc3[N+](=O)[O-])c21. The van der Waals surface area contributed by atoms with Gasteiger partial charge in [0.1, 0.15) is 5.75 Å². The Bertz CT molecular complexity index is 713. The van der Waals surface area contributed by atoms with Crippen molar-refractivity contribution in [3.05, 3.63) is 57.8 Å². The minimum absolute atomic E-state index is 0.0152. The van der Waals surface area contributed by atoms with E-state index in [0.717, 1.165) is 11.1 Å². The number of fused-ring (bicyclic) bond motifs is 1. The maximum absolute atomic E-state index is 11.0. The minimum atomic E-state index is -0.507. The summed E-state index contributed by atoms with van der Waals surface area (Å²) in [6.07, 6.45) is 1.47. The van der Waals surface area contributed by atoms with E-state index in [2.05, 4.69) is 4.98 Å². The number of hydrogen-bond donors (Lipinski definition) is 0. The van der Waals surface area contributed by atoms with Crippen molar-refractivity contribution >= 4 is 5.69 Å². The molecule has 21 heavy (non-hydrogen) atoms. The lowest BCUT2D eigenvalue weighted by Crippen LogP contribution is -2.15. The molecule has 2 aromatic rings. The lowest BCUT2D eigenvalue weighted by molar-refractivity contribution is -0.386. The molecule has 1 aliphatic rings. The summed E-state index contributed by atoms with van der Waals surface area (Å²) in [6, 6.07) is 8.45. The fourth-order valence-electron chi connectivity index (χ4n) is 2.50. The maximum atomic E-state index is 11.0. The highest BCUT2D eigenvalue weighted by molar-refractivity contribution is 5.49. The molecule has 1 aromatic heterocycles. The van der Waals surface area contributed by atoms with Gasteiger partial charge in [-0.3, -0.25) is 10.1 Å². The van der Waals surface area contributed by atoms with Crippen molar-refractivity contribution in [2.45, 2.75) is 26.1 Å². The first kappa shape index (κ1) is 13.5. The first-order chi connectivity index (χ1) is 9.99. The van der Waals surface area contributed by atoms with Gasteiger partial charge in [-0.25, -0.2) is 4.98 Å². The summed E-state index contributed by atoms with van der Waals surface area (Å²) >= 11 is 0. The van der Waals surface area contributed by atoms with E-state index >= 15 is 0 Å². The van der Waals surface area contributed by atoms with E-state index in [1.165, 1.54) is 18.3 Å². The molecule has 0 unspecified atom stereocenters. The molecule has 0 saturated heterocycles. The second kappa shape index (κ2) is 4.82. The van der Waals surface area contributed by atoms with Crippen LogP contribution in [0.5, 0.6) is 11.6 Å². The molecule has 0 fully saturated rings. The molecule has 0 radical (unpaired) electrons. The smallest absolute Gasteiger partial charge is 0.331 e. The Hall–Kier alpha value is -2.47. The largest absolute Gasteiger partial charge is 0.433 e. The lowest BCUT2D eigenvalue weighted by atomic mass is 9.95. The third-order valence-electron chi connectivity index (χ3n) is 3.46. The molecule has 108 valence electrons. The minimum Gasteiger partial charge on any atom is -0.433 e. The molecule has 0 N–H and O–H groups in total. The van der Waals surface area contributed by atoms with Crippen LogP contribution in [0.15, 0.2) is 36.5 Å². The van der Waals surface area contributed by atoms with Crippen LogP contribution in [0.3, 0.4) is 0 Å². The van der Waals surface area contributed by atoms with E-state index in [1.54, 1.807) is 6.07 Å². The molecular weight excluding hydrogens is 272 g/mol. The molecule has 0 spiro atoms. The zero-order valence-electron chi connectivity index (χ0n) is 11.7. The van der Waals surface area contributed by atoms with Gasteiger partial charge in [0.05, 0.1) is 17.1 Å². The number of ether oxygens (including phenoxy) is 2. The van der Waals surface area contributed by atoms with Crippen LogP contribution in [-0.4, -0.2) is 9.91 Å². The van der Waals surface area contributed by atoms with Gasteiger partial charge in [-0.2, -0.15) is 0 Å². The number of nitro groups is 1. The Morgan fingerprint density at radius 1 is 1.33 bits per heavy atom. The topological polar surface area (TPSA) is 74.5 Å². The van der Waals surface area contributed by atoms with Gasteiger partial charge in [0, 0.05) is 17.8 Å². The Balaban J connectivity index is 2.05. The van der Waals surface area contributed by atoms with Gasteiger partial charge in [-0.05, 0) is 31.5 Å². The fourth-order valence-corrected chi connectivity index (χ4v) is 2.50. The second-order valence-electron chi connectivity index (χ2n) is 5.28. The Labute approximate surface area is 121 Å². The zero-order valence-corrected chi connectivity index (χ0v) is 11.7. The van der Waals surface area contributed by atoms with Gasteiger partial charge in [-0.1, -0.05) is 12.1 Å². The van der Waals surface area contributed by atoms with Crippen molar-refractivity contribution in [2.75, 3.05) is 0 Å². The summed E-state index contributed by atoms with van der Waals surface area (Å²) in [7, 11) is 0. The lowest BCUT2D eigenvalue weighted by Gasteiger charge is -2.21. The molecule has 0 atom stereocenters. The second-order valence-corrected chi connectivity index (χ2v) is 5.28. The molecule has 0 aliphatic carbocycles. The van der Waals surface area contributed by atoms with Crippen LogP contribution in [0.2, 0.25) is 0 Å². The van der Waals surface area contributed by atoms with Crippen molar-refractivity contribution in [2.24, 2.45) is 0 Å². The molecule has 0 bridgehead atoms. The molecule has 0 amide bonds. The average molecular weight is 286 g/mol. The van der Waals surface area contributed by atoms with Crippen molar-refractivity contribution < 1.29 is 14.4 Å². The molecule has 6 heteroatoms. The normalized spacial score (nSPS) is 15.5. The van der Waals surface area contributed by atoms with Crippen LogP contribution in [0, 0.1) is 10.1 Å². The number of nitrogens with zero attached hydrogens (tertiary/aromatic N) is 2. The predicted octanol–water partition coefficient (Wildman–Crippen LogP) is 3.55. The number of rotatable bonds is 3. The summed E-state index contributed by atoms with van der Waals surface area (Å²) in [5.41, 5.74) is 1.28. The molecule has 3 rings (SSSR count). The predicted molar refractivity (Wildman–Crippen MR) is 75.2 cm³/mol. The van der Waals surface area contributed by atoms with Gasteiger partial charge in [0.2, 0.25) is 0 Å². The van der Waals surface area contributed by atoms with Crippen molar-refractivity contribution in [3.8, 4) is 11.6 Å². The first-order valence-corrected chi connectivity index (χ1v) is 6.52. The molecule has 1 aromatic carbocycles. The Kier molecular flexibility index (Phi) is 3.10. The van der Waals surface area contributed by atoms with Gasteiger partial charge < -0.3 is 9.47 Å². The quantitative estimate of drug-likeness (QED) is 0.637. The summed E-state index contributed by atoms with van der Waals surface area (Å²) in [5.74, 6) is 0.524. The summed E-state index contributed by atoms with van der Waals surface area (Å²) in [5, 5.41) is 11.0. The van der Waals surface area contributed by atoms with Gasteiger partial charge >= 0.3 is 5.69 Å². The zero-order chi connectivity index (χ0) is 15.0. The molecule has 2 heterocycles. The van der Waals surface area contributed by atoms with Crippen molar-refractivity contribution in [1.82, 2.24) is 4.98 Å². The van der Waals surface area contributed by atoms with E-state index in [-0.39, 0.29) is 11.6 Å². The highest BCUT2D eigenvalue weighted by Crippen LogP contribution is 2.43. The van der Waals surface area contributed by atoms with Gasteiger partial charge in [-0.15, -0.1) is 0 Å². The highest BCUT2D eigenvalue weighted by Gasteiger charge is 2.34. The van der Waals surface area contributed by atoms with Gasteiger partial charge in [0.25, 0.3) is 5.88 Å². The Morgan fingerprint density at radius 3 is 2.90 bits per heavy atom. The first-order valence-electron chi connectivity index (χ1n) is 6.52. The van der Waals surface area contributed by atoms with E-state index < -0.39 is 10.5 Å². The number of pyridine rings is 1. The highest BCUT2D eigenvalue weighted by atomic mass is 16.6. The third kappa shape index (κ3) is 2.34. The van der Waals surface area contributed by atoms with E-state index in [0.29, 0.717) is 12.4 Å². The van der Waals surface area contributed by atoms with Crippen LogP contribution < -0.4 is 4.74 Å². The van der Waals surface area contributed by atoms with Crippen LogP contribution >= 0.6 is 0 Å². The number of hydrogen-bond acceptors (Lipinski definition) is 5.